The van der Waals surface area contributed by atoms with Gasteiger partial charge < -0.3 is 15.7 Å². The number of hydrogen-bond acceptors (Lipinski definition) is 3. The second-order valence-corrected chi connectivity index (χ2v) is 4.49. The Morgan fingerprint density at radius 3 is 2.55 bits per heavy atom. The number of carbonyl (C=O) groups excluding carboxylic acids is 2. The zero-order valence-corrected chi connectivity index (χ0v) is 11.5. The van der Waals surface area contributed by atoms with E-state index in [1.807, 2.05) is 13.0 Å². The van der Waals surface area contributed by atoms with Crippen LogP contribution in [0.1, 0.15) is 30.5 Å². The van der Waals surface area contributed by atoms with Crippen molar-refractivity contribution in [2.75, 3.05) is 6.54 Å². The molecule has 6 nitrogen and oxygen atoms in total. The van der Waals surface area contributed by atoms with Gasteiger partial charge in [0, 0.05) is 19.9 Å². The third-order valence-corrected chi connectivity index (χ3v) is 2.65. The van der Waals surface area contributed by atoms with Crippen molar-refractivity contribution in [1.82, 2.24) is 10.6 Å². The van der Waals surface area contributed by atoms with Crippen molar-refractivity contribution in [2.45, 2.75) is 26.3 Å². The average molecular weight is 278 g/mol. The summed E-state index contributed by atoms with van der Waals surface area (Å²) in [6.45, 7) is 3.38. The van der Waals surface area contributed by atoms with Crippen LogP contribution in [0.4, 0.5) is 0 Å². The predicted molar refractivity (Wildman–Crippen MR) is 73.0 cm³/mol. The molecule has 0 aromatic heterocycles. The molecule has 1 rings (SSSR count). The molecule has 108 valence electrons. The fraction of sp³-hybridized carbons (Fsp3) is 0.357. The van der Waals surface area contributed by atoms with E-state index in [9.17, 15) is 19.5 Å². The SMILES string of the molecule is CC(=O)NCCC(=O)NC(C(=O)O)c1cccc(C)c1. The third kappa shape index (κ3) is 5.09. The Morgan fingerprint density at radius 1 is 1.30 bits per heavy atom. The Bertz CT molecular complexity index is 514. The van der Waals surface area contributed by atoms with Crippen LogP contribution in [-0.2, 0) is 14.4 Å². The highest BCUT2D eigenvalue weighted by Gasteiger charge is 2.21. The molecule has 0 aliphatic carbocycles. The average Bonchev–Trinajstić information content (AvgIpc) is 2.35. The molecule has 0 saturated heterocycles. The molecule has 0 saturated carbocycles. The van der Waals surface area contributed by atoms with E-state index in [0.717, 1.165) is 5.56 Å². The van der Waals surface area contributed by atoms with Gasteiger partial charge in [0.2, 0.25) is 11.8 Å². The molecule has 1 unspecified atom stereocenters. The molecule has 0 spiro atoms. The first kappa shape index (κ1) is 15.7. The highest BCUT2D eigenvalue weighted by Crippen LogP contribution is 2.15. The highest BCUT2D eigenvalue weighted by molar-refractivity contribution is 5.85. The molecule has 6 heteroatoms. The van der Waals surface area contributed by atoms with Crippen molar-refractivity contribution in [3.63, 3.8) is 0 Å². The van der Waals surface area contributed by atoms with Crippen LogP contribution in [0.15, 0.2) is 24.3 Å². The zero-order valence-electron chi connectivity index (χ0n) is 11.5. The van der Waals surface area contributed by atoms with E-state index in [1.165, 1.54) is 6.92 Å². The lowest BCUT2D eigenvalue weighted by Gasteiger charge is -2.15. The molecular weight excluding hydrogens is 260 g/mol. The van der Waals surface area contributed by atoms with Crippen LogP contribution in [0.3, 0.4) is 0 Å². The second-order valence-electron chi connectivity index (χ2n) is 4.49. The number of hydrogen-bond donors (Lipinski definition) is 3. The molecule has 0 fully saturated rings. The summed E-state index contributed by atoms with van der Waals surface area (Å²) in [5.41, 5.74) is 1.44. The first-order valence-electron chi connectivity index (χ1n) is 6.23. The van der Waals surface area contributed by atoms with Crippen molar-refractivity contribution < 1.29 is 19.5 Å². The van der Waals surface area contributed by atoms with Crippen LogP contribution >= 0.6 is 0 Å². The molecule has 20 heavy (non-hydrogen) atoms. The fourth-order valence-corrected chi connectivity index (χ4v) is 1.72. The molecule has 0 heterocycles. The molecule has 0 aliphatic heterocycles. The lowest BCUT2D eigenvalue weighted by atomic mass is 10.0. The number of benzene rings is 1. The fourth-order valence-electron chi connectivity index (χ4n) is 1.72. The van der Waals surface area contributed by atoms with Gasteiger partial charge in [0.15, 0.2) is 6.04 Å². The summed E-state index contributed by atoms with van der Waals surface area (Å²) in [4.78, 5) is 33.6. The Hall–Kier alpha value is -2.37. The summed E-state index contributed by atoms with van der Waals surface area (Å²) < 4.78 is 0. The number of amides is 2. The van der Waals surface area contributed by atoms with Gasteiger partial charge in [0.25, 0.3) is 0 Å². The van der Waals surface area contributed by atoms with Gasteiger partial charge in [-0.3, -0.25) is 9.59 Å². The van der Waals surface area contributed by atoms with Gasteiger partial charge >= 0.3 is 5.97 Å². The minimum Gasteiger partial charge on any atom is -0.479 e. The topological polar surface area (TPSA) is 95.5 Å². The Balaban J connectivity index is 2.66. The zero-order chi connectivity index (χ0) is 15.1. The van der Waals surface area contributed by atoms with Crippen molar-refractivity contribution in [2.24, 2.45) is 0 Å². The van der Waals surface area contributed by atoms with E-state index in [-0.39, 0.29) is 18.9 Å². The van der Waals surface area contributed by atoms with Gasteiger partial charge in [-0.05, 0) is 12.5 Å². The third-order valence-electron chi connectivity index (χ3n) is 2.65. The van der Waals surface area contributed by atoms with E-state index < -0.39 is 17.9 Å². The largest absolute Gasteiger partial charge is 0.479 e. The van der Waals surface area contributed by atoms with Gasteiger partial charge in [0.05, 0.1) is 0 Å². The van der Waals surface area contributed by atoms with Gasteiger partial charge in [-0.1, -0.05) is 29.8 Å². The normalized spacial score (nSPS) is 11.5. The molecular formula is C14H18N2O4. The van der Waals surface area contributed by atoms with Gasteiger partial charge in [-0.15, -0.1) is 0 Å². The molecule has 1 aromatic carbocycles. The smallest absolute Gasteiger partial charge is 0.330 e. The summed E-state index contributed by atoms with van der Waals surface area (Å²) in [7, 11) is 0. The maximum absolute atomic E-state index is 11.7. The molecule has 2 amide bonds. The van der Waals surface area contributed by atoms with E-state index in [1.54, 1.807) is 18.2 Å². The maximum atomic E-state index is 11.7. The second kappa shape index (κ2) is 7.28. The monoisotopic (exact) mass is 278 g/mol. The summed E-state index contributed by atoms with van der Waals surface area (Å²) in [6, 6.07) is 5.87. The van der Waals surface area contributed by atoms with E-state index in [4.69, 9.17) is 0 Å². The summed E-state index contributed by atoms with van der Waals surface area (Å²) in [6.07, 6.45) is 0.0369. The minimum absolute atomic E-state index is 0.0369. The number of rotatable bonds is 6. The summed E-state index contributed by atoms with van der Waals surface area (Å²) >= 11 is 0. The number of carboxylic acids is 1. The Kier molecular flexibility index (Phi) is 5.71. The van der Waals surface area contributed by atoms with Crippen molar-refractivity contribution in [1.29, 1.82) is 0 Å². The molecule has 1 atom stereocenters. The molecule has 0 bridgehead atoms. The van der Waals surface area contributed by atoms with Crippen LogP contribution in [0.2, 0.25) is 0 Å². The van der Waals surface area contributed by atoms with Crippen LogP contribution in [0.25, 0.3) is 0 Å². The standard InChI is InChI=1S/C14H18N2O4/c1-9-4-3-5-11(8-9)13(14(19)20)16-12(18)6-7-15-10(2)17/h3-5,8,13H,6-7H2,1-2H3,(H,15,17)(H,16,18)(H,19,20). The molecule has 1 aromatic rings. The van der Waals surface area contributed by atoms with Gasteiger partial charge in [-0.2, -0.15) is 0 Å². The number of aryl methyl sites for hydroxylation is 1. The van der Waals surface area contributed by atoms with Gasteiger partial charge in [-0.25, -0.2) is 4.79 Å². The molecule has 0 aliphatic rings. The van der Waals surface area contributed by atoms with Crippen LogP contribution in [0, 0.1) is 6.92 Å². The number of carbonyl (C=O) groups is 3. The predicted octanol–water partition coefficient (Wildman–Crippen LogP) is 0.763. The number of nitrogens with one attached hydrogen (secondary N) is 2. The quantitative estimate of drug-likeness (QED) is 0.716. The molecule has 3 N–H and O–H groups in total. The van der Waals surface area contributed by atoms with E-state index >= 15 is 0 Å². The minimum atomic E-state index is -1.12. The van der Waals surface area contributed by atoms with Gasteiger partial charge in [0.1, 0.15) is 0 Å². The first-order chi connectivity index (χ1) is 9.40. The van der Waals surface area contributed by atoms with Crippen molar-refractivity contribution in [3.8, 4) is 0 Å². The summed E-state index contributed by atoms with van der Waals surface area (Å²) in [5, 5.41) is 14.1. The number of carboxylic acid groups (broad SMARTS) is 1. The van der Waals surface area contributed by atoms with E-state index in [2.05, 4.69) is 10.6 Å². The lowest BCUT2D eigenvalue weighted by molar-refractivity contribution is -0.142. The summed E-state index contributed by atoms with van der Waals surface area (Å²) in [5.74, 6) is -1.78. The Morgan fingerprint density at radius 2 is 2.00 bits per heavy atom. The highest BCUT2D eigenvalue weighted by atomic mass is 16.4. The van der Waals surface area contributed by atoms with Crippen molar-refractivity contribution >= 4 is 17.8 Å². The molecule has 0 radical (unpaired) electrons. The maximum Gasteiger partial charge on any atom is 0.330 e. The Labute approximate surface area is 117 Å². The van der Waals surface area contributed by atoms with Crippen LogP contribution in [0.5, 0.6) is 0 Å². The van der Waals surface area contributed by atoms with Crippen LogP contribution < -0.4 is 10.6 Å². The van der Waals surface area contributed by atoms with Crippen LogP contribution in [-0.4, -0.2) is 29.4 Å². The lowest BCUT2D eigenvalue weighted by Crippen LogP contribution is -2.35. The first-order valence-corrected chi connectivity index (χ1v) is 6.23. The number of aliphatic carboxylic acids is 1. The van der Waals surface area contributed by atoms with Crippen molar-refractivity contribution in [3.05, 3.63) is 35.4 Å². The van der Waals surface area contributed by atoms with E-state index in [0.29, 0.717) is 5.56 Å².